The van der Waals surface area contributed by atoms with Crippen LogP contribution in [0.5, 0.6) is 5.75 Å². The third-order valence-corrected chi connectivity index (χ3v) is 4.44. The van der Waals surface area contributed by atoms with Crippen LogP contribution in [-0.2, 0) is 6.54 Å². The number of ether oxygens (including phenoxy) is 1. The highest BCUT2D eigenvalue weighted by atomic mass is 32.2. The molecule has 0 aromatic heterocycles. The summed E-state index contributed by atoms with van der Waals surface area (Å²) in [6.07, 6.45) is 1.97. The highest BCUT2D eigenvalue weighted by Gasteiger charge is 2.34. The van der Waals surface area contributed by atoms with Gasteiger partial charge in [0.25, 0.3) is 11.8 Å². The van der Waals surface area contributed by atoms with Crippen molar-refractivity contribution in [3.63, 3.8) is 0 Å². The number of nitrogens with zero attached hydrogens (tertiary/aromatic N) is 1. The minimum Gasteiger partial charge on any atom is -0.496 e. The van der Waals surface area contributed by atoms with E-state index in [9.17, 15) is 9.59 Å². The molecule has 2 aromatic carbocycles. The molecule has 4 nitrogen and oxygen atoms in total. The first kappa shape index (κ1) is 14.7. The minimum absolute atomic E-state index is 0.242. The second-order valence-electron chi connectivity index (χ2n) is 4.93. The van der Waals surface area contributed by atoms with Crippen molar-refractivity contribution in [1.82, 2.24) is 4.90 Å². The van der Waals surface area contributed by atoms with Gasteiger partial charge in [-0.25, -0.2) is 0 Å². The molecular weight excluding hydrogens is 298 g/mol. The number of fused-ring (bicyclic) bond motifs is 1. The molecule has 1 aliphatic rings. The summed E-state index contributed by atoms with van der Waals surface area (Å²) in [7, 11) is 1.61. The van der Waals surface area contributed by atoms with Crippen LogP contribution >= 0.6 is 11.8 Å². The molecule has 0 bridgehead atoms. The number of amides is 2. The van der Waals surface area contributed by atoms with Crippen LogP contribution in [0.4, 0.5) is 0 Å². The Morgan fingerprint density at radius 1 is 1.05 bits per heavy atom. The largest absolute Gasteiger partial charge is 0.496 e. The van der Waals surface area contributed by atoms with Crippen LogP contribution < -0.4 is 4.74 Å². The molecule has 0 spiro atoms. The van der Waals surface area contributed by atoms with E-state index in [2.05, 4.69) is 0 Å². The number of imide groups is 1. The Balaban J connectivity index is 1.89. The Hall–Kier alpha value is -2.27. The fourth-order valence-electron chi connectivity index (χ4n) is 2.54. The molecule has 0 saturated heterocycles. The molecule has 0 radical (unpaired) electrons. The number of carbonyl (C=O) groups is 2. The molecule has 2 aromatic rings. The van der Waals surface area contributed by atoms with Crippen molar-refractivity contribution >= 4 is 23.6 Å². The monoisotopic (exact) mass is 313 g/mol. The van der Waals surface area contributed by atoms with Crippen LogP contribution in [0.1, 0.15) is 26.3 Å². The quantitative estimate of drug-likeness (QED) is 0.642. The number of benzene rings is 2. The second-order valence-corrected chi connectivity index (χ2v) is 5.78. The van der Waals surface area contributed by atoms with E-state index in [0.29, 0.717) is 11.1 Å². The lowest BCUT2D eigenvalue weighted by Gasteiger charge is -2.15. The molecule has 0 saturated carbocycles. The zero-order valence-corrected chi connectivity index (χ0v) is 13.1. The van der Waals surface area contributed by atoms with Gasteiger partial charge in [-0.3, -0.25) is 14.5 Å². The maximum Gasteiger partial charge on any atom is 0.261 e. The molecular formula is C17H15NO3S. The average molecular weight is 313 g/mol. The van der Waals surface area contributed by atoms with E-state index in [1.54, 1.807) is 43.1 Å². The van der Waals surface area contributed by atoms with Crippen molar-refractivity contribution in [3.8, 4) is 5.75 Å². The number of rotatable bonds is 4. The third kappa shape index (κ3) is 2.37. The Kier molecular flexibility index (Phi) is 3.90. The van der Waals surface area contributed by atoms with E-state index in [1.807, 2.05) is 24.5 Å². The lowest BCUT2D eigenvalue weighted by Crippen LogP contribution is -2.29. The Morgan fingerprint density at radius 3 is 2.23 bits per heavy atom. The molecule has 0 atom stereocenters. The van der Waals surface area contributed by atoms with Crippen molar-refractivity contribution in [2.24, 2.45) is 0 Å². The standard InChI is InChI=1S/C17H15NO3S/c1-21-14-9-11(7-8-15(14)22-2)10-18-16(19)12-5-3-4-6-13(12)17(18)20/h3-9H,10H2,1-2H3. The smallest absolute Gasteiger partial charge is 0.261 e. The molecule has 0 aliphatic carbocycles. The number of carbonyl (C=O) groups excluding carboxylic acids is 2. The maximum absolute atomic E-state index is 12.4. The number of thioether (sulfide) groups is 1. The highest BCUT2D eigenvalue weighted by molar-refractivity contribution is 7.98. The van der Waals surface area contributed by atoms with Crippen LogP contribution in [0.15, 0.2) is 47.4 Å². The van der Waals surface area contributed by atoms with E-state index in [-0.39, 0.29) is 18.4 Å². The second kappa shape index (κ2) is 5.85. The molecule has 1 aliphatic heterocycles. The summed E-state index contributed by atoms with van der Waals surface area (Å²) in [5, 5.41) is 0. The molecule has 0 unspecified atom stereocenters. The summed E-state index contributed by atoms with van der Waals surface area (Å²) in [6.45, 7) is 0.247. The van der Waals surface area contributed by atoms with Gasteiger partial charge in [0.15, 0.2) is 0 Å². The molecule has 22 heavy (non-hydrogen) atoms. The van der Waals surface area contributed by atoms with Gasteiger partial charge in [0.05, 0.1) is 24.8 Å². The van der Waals surface area contributed by atoms with Gasteiger partial charge in [-0.05, 0) is 36.1 Å². The van der Waals surface area contributed by atoms with Crippen LogP contribution in [0.25, 0.3) is 0 Å². The number of methoxy groups -OCH3 is 1. The molecule has 0 fully saturated rings. The normalized spacial score (nSPS) is 13.5. The van der Waals surface area contributed by atoms with Crippen molar-refractivity contribution < 1.29 is 14.3 Å². The summed E-state index contributed by atoms with van der Waals surface area (Å²) in [5.74, 6) is 0.267. The van der Waals surface area contributed by atoms with Crippen molar-refractivity contribution in [3.05, 3.63) is 59.2 Å². The highest BCUT2D eigenvalue weighted by Crippen LogP contribution is 2.30. The number of hydrogen-bond acceptors (Lipinski definition) is 4. The molecule has 112 valence electrons. The first-order chi connectivity index (χ1) is 10.7. The third-order valence-electron chi connectivity index (χ3n) is 3.67. The zero-order valence-electron chi connectivity index (χ0n) is 12.3. The molecule has 0 N–H and O–H groups in total. The van der Waals surface area contributed by atoms with E-state index in [1.165, 1.54) is 4.90 Å². The predicted octanol–water partition coefficient (Wildman–Crippen LogP) is 3.21. The van der Waals surface area contributed by atoms with E-state index < -0.39 is 0 Å². The zero-order chi connectivity index (χ0) is 15.7. The average Bonchev–Trinajstić information content (AvgIpc) is 2.80. The topological polar surface area (TPSA) is 46.6 Å². The fraction of sp³-hybridized carbons (Fsp3) is 0.176. The van der Waals surface area contributed by atoms with Crippen LogP contribution in [0, 0.1) is 0 Å². The van der Waals surface area contributed by atoms with Gasteiger partial charge >= 0.3 is 0 Å². The number of hydrogen-bond donors (Lipinski definition) is 0. The SMILES string of the molecule is COc1cc(CN2C(=O)c3ccccc3C2=O)ccc1SC. The predicted molar refractivity (Wildman–Crippen MR) is 85.4 cm³/mol. The van der Waals surface area contributed by atoms with E-state index >= 15 is 0 Å². The van der Waals surface area contributed by atoms with Gasteiger partial charge in [-0.15, -0.1) is 11.8 Å². The summed E-state index contributed by atoms with van der Waals surface area (Å²) >= 11 is 1.59. The minimum atomic E-state index is -0.242. The van der Waals surface area contributed by atoms with Crippen LogP contribution in [-0.4, -0.2) is 30.1 Å². The van der Waals surface area contributed by atoms with Gasteiger partial charge in [0, 0.05) is 4.90 Å². The van der Waals surface area contributed by atoms with Crippen LogP contribution in [0.2, 0.25) is 0 Å². The molecule has 3 rings (SSSR count). The van der Waals surface area contributed by atoms with Gasteiger partial charge in [-0.2, -0.15) is 0 Å². The van der Waals surface area contributed by atoms with Gasteiger partial charge in [-0.1, -0.05) is 18.2 Å². The molecule has 5 heteroatoms. The Morgan fingerprint density at radius 2 is 1.68 bits per heavy atom. The van der Waals surface area contributed by atoms with Gasteiger partial charge in [0.1, 0.15) is 5.75 Å². The van der Waals surface area contributed by atoms with Gasteiger partial charge in [0.2, 0.25) is 0 Å². The van der Waals surface area contributed by atoms with Crippen molar-refractivity contribution in [2.45, 2.75) is 11.4 Å². The van der Waals surface area contributed by atoms with Crippen LogP contribution in [0.3, 0.4) is 0 Å². The fourth-order valence-corrected chi connectivity index (χ4v) is 3.09. The summed E-state index contributed by atoms with van der Waals surface area (Å²) in [5.41, 5.74) is 1.81. The molecule has 1 heterocycles. The first-order valence-corrected chi connectivity index (χ1v) is 8.04. The van der Waals surface area contributed by atoms with E-state index in [4.69, 9.17) is 4.74 Å². The van der Waals surface area contributed by atoms with Crippen molar-refractivity contribution in [2.75, 3.05) is 13.4 Å². The summed E-state index contributed by atoms with van der Waals surface area (Å²) < 4.78 is 5.35. The van der Waals surface area contributed by atoms with Crippen molar-refractivity contribution in [1.29, 1.82) is 0 Å². The lowest BCUT2D eigenvalue weighted by molar-refractivity contribution is 0.0642. The first-order valence-electron chi connectivity index (χ1n) is 6.82. The Labute approximate surface area is 133 Å². The Bertz CT molecular complexity index is 722. The van der Waals surface area contributed by atoms with Gasteiger partial charge < -0.3 is 4.74 Å². The summed E-state index contributed by atoms with van der Waals surface area (Å²) in [6, 6.07) is 12.6. The van der Waals surface area contributed by atoms with E-state index in [0.717, 1.165) is 16.2 Å². The lowest BCUT2D eigenvalue weighted by atomic mass is 10.1. The molecule has 2 amide bonds. The summed E-state index contributed by atoms with van der Waals surface area (Å²) in [4.78, 5) is 27.0. The maximum atomic E-state index is 12.4.